The van der Waals surface area contributed by atoms with Crippen molar-refractivity contribution < 1.29 is 9.84 Å². The molecule has 4 rings (SSSR count). The highest BCUT2D eigenvalue weighted by molar-refractivity contribution is 5.83. The molecule has 1 heterocycles. The molecule has 4 nitrogen and oxygen atoms in total. The Bertz CT molecular complexity index is 919. The van der Waals surface area contributed by atoms with Gasteiger partial charge < -0.3 is 14.7 Å². The number of piperazine rings is 1. The molecule has 3 aromatic carbocycles. The number of anilines is 1. The minimum absolute atomic E-state index is 0.316. The summed E-state index contributed by atoms with van der Waals surface area (Å²) in [5.74, 6) is 0.808. The summed E-state index contributed by atoms with van der Waals surface area (Å²) in [6, 6.07) is 22.8. The van der Waals surface area contributed by atoms with Crippen molar-refractivity contribution in [1.29, 1.82) is 0 Å². The van der Waals surface area contributed by atoms with E-state index in [2.05, 4.69) is 59.2 Å². The molecular formula is C24H28N2O2. The van der Waals surface area contributed by atoms with E-state index in [1.54, 1.807) is 0 Å². The van der Waals surface area contributed by atoms with Crippen molar-refractivity contribution in [2.45, 2.75) is 13.0 Å². The Hall–Kier alpha value is -2.56. The molecule has 0 saturated carbocycles. The maximum atomic E-state index is 10.4. The summed E-state index contributed by atoms with van der Waals surface area (Å²) in [7, 11) is 0. The number of hydrogen-bond acceptors (Lipinski definition) is 4. The molecule has 0 spiro atoms. The summed E-state index contributed by atoms with van der Waals surface area (Å²) in [4.78, 5) is 4.76. The molecule has 0 radical (unpaired) electrons. The lowest BCUT2D eigenvalue weighted by Gasteiger charge is -2.37. The van der Waals surface area contributed by atoms with Gasteiger partial charge in [-0.2, -0.15) is 0 Å². The van der Waals surface area contributed by atoms with Gasteiger partial charge in [0.15, 0.2) is 0 Å². The molecule has 1 aliphatic heterocycles. The van der Waals surface area contributed by atoms with E-state index in [-0.39, 0.29) is 0 Å². The largest absolute Gasteiger partial charge is 0.491 e. The van der Waals surface area contributed by atoms with E-state index in [1.807, 2.05) is 24.3 Å². The first kappa shape index (κ1) is 18.8. The summed E-state index contributed by atoms with van der Waals surface area (Å²) in [6.45, 7) is 7.02. The third-order valence-corrected chi connectivity index (χ3v) is 5.46. The lowest BCUT2D eigenvalue weighted by molar-refractivity contribution is 0.0663. The lowest BCUT2D eigenvalue weighted by atomic mass is 10.1. The number of β-amino-alcohol motifs (C(OH)–C–C–N with tert-alkyl or cyclic N) is 1. The normalized spacial score (nSPS) is 16.3. The van der Waals surface area contributed by atoms with Crippen molar-refractivity contribution >= 4 is 16.5 Å². The molecular weight excluding hydrogens is 348 g/mol. The zero-order valence-electron chi connectivity index (χ0n) is 16.4. The van der Waals surface area contributed by atoms with Crippen LogP contribution >= 0.6 is 0 Å². The minimum Gasteiger partial charge on any atom is -0.491 e. The van der Waals surface area contributed by atoms with E-state index in [0.29, 0.717) is 13.2 Å². The molecule has 0 aromatic heterocycles. The summed E-state index contributed by atoms with van der Waals surface area (Å²) >= 11 is 0. The van der Waals surface area contributed by atoms with Gasteiger partial charge in [0.1, 0.15) is 18.5 Å². The quantitative estimate of drug-likeness (QED) is 0.711. The van der Waals surface area contributed by atoms with Crippen LogP contribution in [0.2, 0.25) is 0 Å². The van der Waals surface area contributed by atoms with Crippen LogP contribution in [0.3, 0.4) is 0 Å². The Kier molecular flexibility index (Phi) is 5.79. The average molecular weight is 377 g/mol. The van der Waals surface area contributed by atoms with Crippen molar-refractivity contribution in [2.75, 3.05) is 44.2 Å². The molecule has 146 valence electrons. The second-order valence-corrected chi connectivity index (χ2v) is 7.55. The Morgan fingerprint density at radius 3 is 2.39 bits per heavy atom. The van der Waals surface area contributed by atoms with Crippen molar-refractivity contribution in [3.8, 4) is 5.75 Å². The molecule has 4 heteroatoms. The van der Waals surface area contributed by atoms with Gasteiger partial charge in [-0.05, 0) is 41.5 Å². The number of fused-ring (bicyclic) bond motifs is 1. The highest BCUT2D eigenvalue weighted by atomic mass is 16.5. The van der Waals surface area contributed by atoms with Crippen LogP contribution in [-0.2, 0) is 0 Å². The predicted molar refractivity (Wildman–Crippen MR) is 115 cm³/mol. The van der Waals surface area contributed by atoms with Gasteiger partial charge in [-0.15, -0.1) is 0 Å². The maximum absolute atomic E-state index is 10.4. The molecule has 0 amide bonds. The minimum atomic E-state index is -0.489. The monoisotopic (exact) mass is 376 g/mol. The topological polar surface area (TPSA) is 35.9 Å². The number of aryl methyl sites for hydroxylation is 1. The van der Waals surface area contributed by atoms with Crippen LogP contribution in [-0.4, -0.2) is 55.4 Å². The molecule has 0 bridgehead atoms. The van der Waals surface area contributed by atoms with Gasteiger partial charge >= 0.3 is 0 Å². The molecule has 1 fully saturated rings. The number of para-hydroxylation sites is 1. The van der Waals surface area contributed by atoms with Gasteiger partial charge in [-0.3, -0.25) is 4.90 Å². The molecule has 1 atom stereocenters. The van der Waals surface area contributed by atoms with Crippen LogP contribution < -0.4 is 9.64 Å². The van der Waals surface area contributed by atoms with Crippen LogP contribution in [0.25, 0.3) is 10.8 Å². The zero-order valence-corrected chi connectivity index (χ0v) is 16.4. The average Bonchev–Trinajstić information content (AvgIpc) is 2.73. The Balaban J connectivity index is 1.25. The summed E-state index contributed by atoms with van der Waals surface area (Å²) in [5.41, 5.74) is 2.64. The lowest BCUT2D eigenvalue weighted by Crippen LogP contribution is -2.49. The van der Waals surface area contributed by atoms with Crippen molar-refractivity contribution in [3.05, 3.63) is 72.3 Å². The van der Waals surface area contributed by atoms with Gasteiger partial charge in [0.2, 0.25) is 0 Å². The summed E-state index contributed by atoms with van der Waals surface area (Å²) < 4.78 is 5.84. The Morgan fingerprint density at radius 1 is 0.893 bits per heavy atom. The van der Waals surface area contributed by atoms with Gasteiger partial charge in [0, 0.05) is 38.4 Å². The molecule has 0 unspecified atom stereocenters. The van der Waals surface area contributed by atoms with Gasteiger partial charge in [-0.1, -0.05) is 48.5 Å². The number of hydrogen-bond donors (Lipinski definition) is 1. The summed E-state index contributed by atoms with van der Waals surface area (Å²) in [6.07, 6.45) is -0.489. The smallest absolute Gasteiger partial charge is 0.120 e. The van der Waals surface area contributed by atoms with Gasteiger partial charge in [-0.25, -0.2) is 0 Å². The number of rotatable bonds is 6. The third kappa shape index (κ3) is 4.46. The van der Waals surface area contributed by atoms with E-state index in [4.69, 9.17) is 4.74 Å². The predicted octanol–water partition coefficient (Wildman–Crippen LogP) is 3.71. The third-order valence-electron chi connectivity index (χ3n) is 5.46. The van der Waals surface area contributed by atoms with Crippen molar-refractivity contribution in [2.24, 2.45) is 0 Å². The number of aliphatic hydroxyl groups is 1. The number of nitrogens with zero attached hydrogens (tertiary/aromatic N) is 2. The Labute approximate surface area is 167 Å². The van der Waals surface area contributed by atoms with Crippen LogP contribution in [0.1, 0.15) is 5.56 Å². The number of ether oxygens (including phenoxy) is 1. The van der Waals surface area contributed by atoms with Crippen LogP contribution in [0.15, 0.2) is 66.7 Å². The first-order chi connectivity index (χ1) is 13.7. The fourth-order valence-corrected chi connectivity index (χ4v) is 3.89. The highest BCUT2D eigenvalue weighted by Crippen LogP contribution is 2.22. The maximum Gasteiger partial charge on any atom is 0.120 e. The highest BCUT2D eigenvalue weighted by Gasteiger charge is 2.20. The van der Waals surface area contributed by atoms with E-state index in [1.165, 1.54) is 16.6 Å². The van der Waals surface area contributed by atoms with Gasteiger partial charge in [0.25, 0.3) is 0 Å². The van der Waals surface area contributed by atoms with Gasteiger partial charge in [0.05, 0.1) is 0 Å². The molecule has 28 heavy (non-hydrogen) atoms. The summed E-state index contributed by atoms with van der Waals surface area (Å²) in [5, 5.41) is 12.8. The number of aliphatic hydroxyl groups excluding tert-OH is 1. The van der Waals surface area contributed by atoms with E-state index in [9.17, 15) is 5.11 Å². The van der Waals surface area contributed by atoms with Crippen LogP contribution in [0.4, 0.5) is 5.69 Å². The Morgan fingerprint density at radius 2 is 1.61 bits per heavy atom. The van der Waals surface area contributed by atoms with E-state index >= 15 is 0 Å². The van der Waals surface area contributed by atoms with Crippen molar-refractivity contribution in [3.63, 3.8) is 0 Å². The van der Waals surface area contributed by atoms with Crippen molar-refractivity contribution in [1.82, 2.24) is 4.90 Å². The van der Waals surface area contributed by atoms with Crippen LogP contribution in [0, 0.1) is 6.92 Å². The molecule has 3 aromatic rings. The first-order valence-electron chi connectivity index (χ1n) is 10.0. The zero-order chi connectivity index (χ0) is 19.3. The fourth-order valence-electron chi connectivity index (χ4n) is 3.89. The molecule has 0 aliphatic carbocycles. The second-order valence-electron chi connectivity index (χ2n) is 7.55. The SMILES string of the molecule is Cc1ccccc1N1CCN(C[C@@H](O)COc2ccc3ccccc3c2)CC1. The number of benzene rings is 3. The molecule has 1 saturated heterocycles. The molecule has 1 N–H and O–H groups in total. The fraction of sp³-hybridized carbons (Fsp3) is 0.333. The van der Waals surface area contributed by atoms with Crippen LogP contribution in [0.5, 0.6) is 5.75 Å². The molecule has 1 aliphatic rings. The second kappa shape index (κ2) is 8.63. The standard InChI is InChI=1S/C24H28N2O2/c1-19-6-2-5-9-24(19)26-14-12-25(13-15-26)17-22(27)18-28-23-11-10-20-7-3-4-8-21(20)16-23/h2-11,16,22,27H,12-15,17-18H2,1H3/t22-/m1/s1. The van der Waals surface area contributed by atoms with E-state index in [0.717, 1.165) is 37.3 Å². The first-order valence-corrected chi connectivity index (χ1v) is 10.0. The van der Waals surface area contributed by atoms with E-state index < -0.39 is 6.10 Å².